The van der Waals surface area contributed by atoms with Crippen LogP contribution in [0.1, 0.15) is 34.0 Å². The number of anilines is 1. The summed E-state index contributed by atoms with van der Waals surface area (Å²) in [4.78, 5) is 38.5. The molecule has 0 spiro atoms. The van der Waals surface area contributed by atoms with Gasteiger partial charge in [-0.05, 0) is 42.5 Å². The van der Waals surface area contributed by atoms with E-state index >= 15 is 0 Å². The van der Waals surface area contributed by atoms with Crippen molar-refractivity contribution in [3.63, 3.8) is 0 Å². The molecule has 2 bridgehead atoms. The van der Waals surface area contributed by atoms with Crippen LogP contribution in [0.4, 0.5) is 11.4 Å². The van der Waals surface area contributed by atoms with Crippen molar-refractivity contribution in [3.8, 4) is 0 Å². The van der Waals surface area contributed by atoms with Gasteiger partial charge in [0.2, 0.25) is 0 Å². The van der Waals surface area contributed by atoms with Crippen molar-refractivity contribution in [2.75, 3.05) is 24.5 Å². The van der Waals surface area contributed by atoms with Crippen LogP contribution in [-0.2, 0) is 13.0 Å². The number of nitrogens with one attached hydrogen (secondary N) is 1. The van der Waals surface area contributed by atoms with E-state index in [0.29, 0.717) is 38.3 Å². The molecule has 0 saturated carbocycles. The first-order chi connectivity index (χ1) is 16.5. The molecule has 174 valence electrons. The van der Waals surface area contributed by atoms with Crippen LogP contribution >= 0.6 is 0 Å². The lowest BCUT2D eigenvalue weighted by atomic mass is 9.83. The van der Waals surface area contributed by atoms with Crippen LogP contribution in [0.3, 0.4) is 0 Å². The van der Waals surface area contributed by atoms with E-state index in [1.54, 1.807) is 24.3 Å². The van der Waals surface area contributed by atoms with Gasteiger partial charge in [0.15, 0.2) is 0 Å². The molecule has 5 rings (SSSR count). The molecule has 8 heteroatoms. The number of fused-ring (bicyclic) bond motifs is 4. The van der Waals surface area contributed by atoms with Crippen molar-refractivity contribution in [3.05, 3.63) is 104 Å². The van der Waals surface area contributed by atoms with Crippen molar-refractivity contribution in [1.82, 2.24) is 9.88 Å². The molecule has 2 aromatic carbocycles. The number of amides is 1. The number of carbonyl (C=O) groups is 1. The Balaban J connectivity index is 1.33. The zero-order chi connectivity index (χ0) is 23.7. The van der Waals surface area contributed by atoms with Crippen molar-refractivity contribution < 1.29 is 9.72 Å². The largest absolute Gasteiger partial charge is 0.365 e. The number of aromatic nitrogens is 1. The fourth-order valence-corrected chi connectivity index (χ4v) is 5.24. The number of pyridine rings is 1. The average molecular weight is 459 g/mol. The summed E-state index contributed by atoms with van der Waals surface area (Å²) in [5.41, 5.74) is 2.84. The van der Waals surface area contributed by atoms with E-state index in [1.165, 1.54) is 6.07 Å². The fraction of sp³-hybridized carbons (Fsp3) is 0.308. The van der Waals surface area contributed by atoms with E-state index in [4.69, 9.17) is 0 Å². The van der Waals surface area contributed by atoms with Gasteiger partial charge in [0, 0.05) is 55.5 Å². The van der Waals surface area contributed by atoms with Crippen LogP contribution in [0.15, 0.2) is 71.5 Å². The molecule has 34 heavy (non-hydrogen) atoms. The molecule has 3 heterocycles. The van der Waals surface area contributed by atoms with Crippen LogP contribution in [0.2, 0.25) is 0 Å². The third-order valence-corrected chi connectivity index (χ3v) is 6.80. The van der Waals surface area contributed by atoms with E-state index in [2.05, 4.69) is 5.32 Å². The summed E-state index contributed by atoms with van der Waals surface area (Å²) in [5.74, 6) is 0.0586. The monoisotopic (exact) mass is 458 g/mol. The van der Waals surface area contributed by atoms with E-state index in [-0.39, 0.29) is 34.6 Å². The second-order valence-electron chi connectivity index (χ2n) is 9.06. The summed E-state index contributed by atoms with van der Waals surface area (Å²) in [6, 6.07) is 19.9. The predicted octanol–water partition coefficient (Wildman–Crippen LogP) is 3.35. The molecule has 0 aliphatic carbocycles. The highest BCUT2D eigenvalue weighted by molar-refractivity contribution is 5.95. The lowest BCUT2D eigenvalue weighted by molar-refractivity contribution is -0.384. The first kappa shape index (κ1) is 21.9. The first-order valence-electron chi connectivity index (χ1n) is 11.5. The number of piperidine rings is 1. The van der Waals surface area contributed by atoms with Gasteiger partial charge in [-0.25, -0.2) is 0 Å². The zero-order valence-electron chi connectivity index (χ0n) is 18.7. The molecular formula is C26H26N4O4. The second-order valence-corrected chi connectivity index (χ2v) is 9.06. The summed E-state index contributed by atoms with van der Waals surface area (Å²) in [5, 5.41) is 14.8. The predicted molar refractivity (Wildman–Crippen MR) is 129 cm³/mol. The molecule has 1 saturated heterocycles. The third kappa shape index (κ3) is 4.31. The van der Waals surface area contributed by atoms with E-state index in [0.717, 1.165) is 17.7 Å². The topological polar surface area (TPSA) is 97.5 Å². The molecule has 8 nitrogen and oxygen atoms in total. The molecule has 1 aromatic heterocycles. The molecule has 3 aromatic rings. The number of nitro benzene ring substituents is 1. The first-order valence-corrected chi connectivity index (χ1v) is 11.5. The van der Waals surface area contributed by atoms with Gasteiger partial charge >= 0.3 is 0 Å². The summed E-state index contributed by atoms with van der Waals surface area (Å²) in [6.45, 7) is 2.31. The molecule has 1 amide bonds. The summed E-state index contributed by atoms with van der Waals surface area (Å²) < 4.78 is 1.84. The van der Waals surface area contributed by atoms with Crippen LogP contribution in [0.25, 0.3) is 0 Å². The molecule has 2 unspecified atom stereocenters. The van der Waals surface area contributed by atoms with Crippen LogP contribution in [-0.4, -0.2) is 35.0 Å². The van der Waals surface area contributed by atoms with Gasteiger partial charge in [0.05, 0.1) is 4.92 Å². The maximum atomic E-state index is 12.6. The number of rotatable bonds is 6. The molecule has 0 radical (unpaired) electrons. The Morgan fingerprint density at radius 1 is 1.03 bits per heavy atom. The van der Waals surface area contributed by atoms with Crippen molar-refractivity contribution in [2.24, 2.45) is 5.92 Å². The molecule has 1 fully saturated rings. The maximum Gasteiger partial charge on any atom is 0.293 e. The molecule has 2 atom stereocenters. The zero-order valence-corrected chi connectivity index (χ0v) is 18.7. The average Bonchev–Trinajstić information content (AvgIpc) is 2.85. The Morgan fingerprint density at radius 3 is 2.65 bits per heavy atom. The maximum absolute atomic E-state index is 12.6. The van der Waals surface area contributed by atoms with Crippen LogP contribution in [0, 0.1) is 16.0 Å². The number of nitrogens with zero attached hydrogens (tertiary/aromatic N) is 3. The number of benzene rings is 2. The standard InChI is InChI=1S/C26H26N4O4/c31-25-8-4-7-22-21-13-19(16-29(22)25)15-28(17-21)23-10-9-20(14-24(23)30(33)34)26(32)27-12-11-18-5-2-1-3-6-18/h1-10,14,19,21H,11-13,15-17H2,(H,27,32). The van der Waals surface area contributed by atoms with E-state index in [9.17, 15) is 19.7 Å². The van der Waals surface area contributed by atoms with E-state index in [1.807, 2.05) is 45.9 Å². The Labute approximate surface area is 197 Å². The van der Waals surface area contributed by atoms with E-state index < -0.39 is 4.92 Å². The number of nitro groups is 1. The van der Waals surface area contributed by atoms with Gasteiger partial charge in [0.25, 0.3) is 17.2 Å². The Hall–Kier alpha value is -3.94. The van der Waals surface area contributed by atoms with Crippen LogP contribution in [0.5, 0.6) is 0 Å². The summed E-state index contributed by atoms with van der Waals surface area (Å²) >= 11 is 0. The Bertz CT molecular complexity index is 1290. The lowest BCUT2D eigenvalue weighted by Gasteiger charge is -2.43. The van der Waals surface area contributed by atoms with Gasteiger partial charge < -0.3 is 14.8 Å². The third-order valence-electron chi connectivity index (χ3n) is 6.80. The van der Waals surface area contributed by atoms with Gasteiger partial charge in [-0.1, -0.05) is 36.4 Å². The minimum atomic E-state index is -0.418. The number of hydrogen-bond donors (Lipinski definition) is 1. The molecule has 1 N–H and O–H groups in total. The summed E-state index contributed by atoms with van der Waals surface area (Å²) in [6.07, 6.45) is 1.66. The molecular weight excluding hydrogens is 432 g/mol. The van der Waals surface area contributed by atoms with Crippen molar-refractivity contribution in [1.29, 1.82) is 0 Å². The highest BCUT2D eigenvalue weighted by atomic mass is 16.6. The molecule has 2 aliphatic rings. The highest BCUT2D eigenvalue weighted by Crippen LogP contribution is 2.39. The second kappa shape index (κ2) is 9.13. The van der Waals surface area contributed by atoms with Gasteiger partial charge in [-0.15, -0.1) is 0 Å². The van der Waals surface area contributed by atoms with Crippen molar-refractivity contribution >= 4 is 17.3 Å². The number of carbonyl (C=O) groups excluding carboxylic acids is 1. The molecule has 2 aliphatic heterocycles. The Morgan fingerprint density at radius 2 is 1.85 bits per heavy atom. The summed E-state index contributed by atoms with van der Waals surface area (Å²) in [7, 11) is 0. The smallest absolute Gasteiger partial charge is 0.293 e. The van der Waals surface area contributed by atoms with Crippen LogP contribution < -0.4 is 15.8 Å². The fourth-order valence-electron chi connectivity index (χ4n) is 5.24. The minimum absolute atomic E-state index is 0.00857. The van der Waals surface area contributed by atoms with Gasteiger partial charge in [-0.2, -0.15) is 0 Å². The normalized spacial score (nSPS) is 18.8. The van der Waals surface area contributed by atoms with Gasteiger partial charge in [-0.3, -0.25) is 19.7 Å². The van der Waals surface area contributed by atoms with Crippen molar-refractivity contribution in [2.45, 2.75) is 25.3 Å². The quantitative estimate of drug-likeness (QED) is 0.451. The lowest BCUT2D eigenvalue weighted by Crippen LogP contribution is -2.47. The highest BCUT2D eigenvalue weighted by Gasteiger charge is 2.36. The van der Waals surface area contributed by atoms with Gasteiger partial charge in [0.1, 0.15) is 5.69 Å². The SMILES string of the molecule is O=C(NCCc1ccccc1)c1ccc(N2CC3CC(C2)c2cccc(=O)n2C3)c([N+](=O)[O-])c1. The number of hydrogen-bond acceptors (Lipinski definition) is 5. The Kier molecular flexibility index (Phi) is 5.88. The minimum Gasteiger partial charge on any atom is -0.365 e.